The second-order valence-electron chi connectivity index (χ2n) is 11.1. The highest BCUT2D eigenvalue weighted by Gasteiger charge is 2.38. The van der Waals surface area contributed by atoms with E-state index in [0.29, 0.717) is 17.7 Å². The van der Waals surface area contributed by atoms with Crippen molar-refractivity contribution in [3.05, 3.63) is 77.9 Å². The van der Waals surface area contributed by atoms with E-state index in [1.54, 1.807) is 32.9 Å². The summed E-state index contributed by atoms with van der Waals surface area (Å²) in [5.74, 6) is -1.17. The molecule has 0 aliphatic heterocycles. The van der Waals surface area contributed by atoms with Gasteiger partial charge in [-0.05, 0) is 62.1 Å². The Kier molecular flexibility index (Phi) is 10.3. The number of aliphatic hydroxyl groups excluding tert-OH is 1. The maximum Gasteiger partial charge on any atom is 0.408 e. The van der Waals surface area contributed by atoms with Crippen molar-refractivity contribution in [2.24, 2.45) is 5.92 Å². The van der Waals surface area contributed by atoms with Gasteiger partial charge < -0.3 is 25.4 Å². The third-order valence-corrected chi connectivity index (χ3v) is 6.75. The summed E-state index contributed by atoms with van der Waals surface area (Å²) in [6.07, 6.45) is -0.125. The second kappa shape index (κ2) is 13.4. The van der Waals surface area contributed by atoms with E-state index in [0.717, 1.165) is 16.3 Å². The van der Waals surface area contributed by atoms with Crippen molar-refractivity contribution < 1.29 is 24.2 Å². The molecule has 3 rings (SSSR count). The van der Waals surface area contributed by atoms with Crippen molar-refractivity contribution in [1.29, 1.82) is 0 Å². The summed E-state index contributed by atoms with van der Waals surface area (Å²) in [6, 6.07) is 18.8. The number of nitrogens with one attached hydrogen (secondary N) is 2. The summed E-state index contributed by atoms with van der Waals surface area (Å²) in [4.78, 5) is 42.1. The van der Waals surface area contributed by atoms with Gasteiger partial charge in [-0.15, -0.1) is 0 Å². The van der Waals surface area contributed by atoms with Crippen LogP contribution in [0.5, 0.6) is 0 Å². The number of ether oxygens (including phenoxy) is 1. The molecule has 3 aromatic carbocycles. The lowest BCUT2D eigenvalue weighted by Crippen LogP contribution is -2.55. The zero-order chi connectivity index (χ0) is 29.4. The van der Waals surface area contributed by atoms with Crippen LogP contribution in [0.25, 0.3) is 10.8 Å². The lowest BCUT2D eigenvalue weighted by atomic mass is 9.95. The van der Waals surface area contributed by atoms with Crippen LogP contribution >= 0.6 is 0 Å². The minimum Gasteiger partial charge on any atom is -0.444 e. The number of amides is 3. The Labute approximate surface area is 236 Å². The van der Waals surface area contributed by atoms with Gasteiger partial charge in [0.1, 0.15) is 17.7 Å². The van der Waals surface area contributed by atoms with E-state index in [1.165, 1.54) is 4.90 Å². The highest BCUT2D eigenvalue weighted by molar-refractivity contribution is 6.00. The Balaban J connectivity index is 2.00. The zero-order valence-corrected chi connectivity index (χ0v) is 24.2. The first-order valence-corrected chi connectivity index (χ1v) is 13.7. The molecular weight excluding hydrogens is 506 g/mol. The Bertz CT molecular complexity index is 1320. The topological polar surface area (TPSA) is 108 Å². The molecule has 0 saturated heterocycles. The van der Waals surface area contributed by atoms with Crippen molar-refractivity contribution in [3.8, 4) is 0 Å². The van der Waals surface area contributed by atoms with Gasteiger partial charge in [-0.2, -0.15) is 0 Å². The number of carbonyl (C=O) groups is 3. The Hall–Kier alpha value is -3.91. The number of fused-ring (bicyclic) bond motifs is 1. The van der Waals surface area contributed by atoms with Gasteiger partial charge in [0.2, 0.25) is 5.91 Å². The summed E-state index contributed by atoms with van der Waals surface area (Å²) in [7, 11) is 0. The molecule has 214 valence electrons. The van der Waals surface area contributed by atoms with Gasteiger partial charge in [0.25, 0.3) is 5.91 Å². The number of rotatable bonds is 10. The number of aryl methyl sites for hydroxylation is 1. The second-order valence-corrected chi connectivity index (χ2v) is 11.1. The first-order chi connectivity index (χ1) is 18.9. The van der Waals surface area contributed by atoms with Gasteiger partial charge in [0.05, 0.1) is 6.61 Å². The number of hydrogen-bond donors (Lipinski definition) is 3. The summed E-state index contributed by atoms with van der Waals surface area (Å²) >= 11 is 0. The largest absolute Gasteiger partial charge is 0.444 e. The highest BCUT2D eigenvalue weighted by Crippen LogP contribution is 2.27. The van der Waals surface area contributed by atoms with E-state index in [4.69, 9.17) is 4.74 Å². The molecule has 3 aromatic rings. The number of alkyl carbamates (subject to hydrolysis) is 1. The molecule has 40 heavy (non-hydrogen) atoms. The molecule has 0 radical (unpaired) electrons. The van der Waals surface area contributed by atoms with Crippen molar-refractivity contribution in [3.63, 3.8) is 0 Å². The van der Waals surface area contributed by atoms with Crippen LogP contribution in [0.3, 0.4) is 0 Å². The first kappa shape index (κ1) is 30.6. The van der Waals surface area contributed by atoms with Crippen molar-refractivity contribution in [2.75, 3.05) is 18.5 Å². The van der Waals surface area contributed by atoms with E-state index in [9.17, 15) is 19.5 Å². The molecule has 0 heterocycles. The quantitative estimate of drug-likeness (QED) is 0.307. The monoisotopic (exact) mass is 547 g/mol. The third-order valence-electron chi connectivity index (χ3n) is 6.75. The van der Waals surface area contributed by atoms with E-state index in [2.05, 4.69) is 10.6 Å². The summed E-state index contributed by atoms with van der Waals surface area (Å²) in [5, 5.41) is 17.7. The smallest absolute Gasteiger partial charge is 0.408 e. The Morgan fingerprint density at radius 3 is 2.23 bits per heavy atom. The van der Waals surface area contributed by atoms with E-state index < -0.39 is 35.6 Å². The molecular formula is C32H41N3O5. The molecule has 0 aliphatic rings. The number of benzene rings is 3. The van der Waals surface area contributed by atoms with Crippen LogP contribution in [0.1, 0.15) is 58.2 Å². The molecule has 3 N–H and O–H groups in total. The first-order valence-electron chi connectivity index (χ1n) is 13.7. The van der Waals surface area contributed by atoms with Gasteiger partial charge >= 0.3 is 6.09 Å². The molecule has 3 unspecified atom stereocenters. The minimum atomic E-state index is -1.06. The molecule has 0 aromatic heterocycles. The average molecular weight is 548 g/mol. The zero-order valence-electron chi connectivity index (χ0n) is 24.2. The molecule has 3 amide bonds. The molecule has 0 fully saturated rings. The Morgan fingerprint density at radius 1 is 0.975 bits per heavy atom. The van der Waals surface area contributed by atoms with Crippen LogP contribution in [-0.2, 0) is 14.3 Å². The normalized spacial score (nSPS) is 13.7. The maximum absolute atomic E-state index is 14.1. The van der Waals surface area contributed by atoms with Crippen LogP contribution in [0, 0.1) is 12.8 Å². The molecule has 8 heteroatoms. The molecule has 3 atom stereocenters. The van der Waals surface area contributed by atoms with Crippen LogP contribution in [0.15, 0.2) is 66.7 Å². The van der Waals surface area contributed by atoms with Crippen LogP contribution in [0.4, 0.5) is 10.5 Å². The standard InChI is InChI=1S/C32H41N3O5/c1-7-22(3)27(34-31(39)40-32(4,5)6)30(38)35(18-19-36)28(24-14-12-21(2)13-15-24)29(37)33-26-17-16-23-10-8-9-11-25(23)20-26/h8-17,20,22,27-28,36H,7,18-19H2,1-6H3,(H,33,37)(H,34,39). The van der Waals surface area contributed by atoms with Gasteiger partial charge in [0.15, 0.2) is 0 Å². The number of nitrogens with zero attached hydrogens (tertiary/aromatic N) is 1. The number of anilines is 1. The maximum atomic E-state index is 14.1. The van der Waals surface area contributed by atoms with Gasteiger partial charge in [0, 0.05) is 12.2 Å². The summed E-state index contributed by atoms with van der Waals surface area (Å²) < 4.78 is 5.42. The van der Waals surface area contributed by atoms with E-state index >= 15 is 0 Å². The predicted octanol–water partition coefficient (Wildman–Crippen LogP) is 5.59. The summed E-state index contributed by atoms with van der Waals surface area (Å²) in [6.45, 7) is 10.5. The van der Waals surface area contributed by atoms with Crippen molar-refractivity contribution in [2.45, 2.75) is 65.6 Å². The molecule has 0 bridgehead atoms. The molecule has 8 nitrogen and oxygen atoms in total. The molecule has 0 spiro atoms. The number of carbonyl (C=O) groups excluding carboxylic acids is 3. The van der Waals surface area contributed by atoms with E-state index in [-0.39, 0.29) is 19.1 Å². The highest BCUT2D eigenvalue weighted by atomic mass is 16.6. The van der Waals surface area contributed by atoms with Gasteiger partial charge in [-0.25, -0.2) is 4.79 Å². The van der Waals surface area contributed by atoms with Crippen LogP contribution in [0.2, 0.25) is 0 Å². The fourth-order valence-electron chi connectivity index (χ4n) is 4.47. The Morgan fingerprint density at radius 2 is 1.62 bits per heavy atom. The number of aliphatic hydroxyl groups is 1. The predicted molar refractivity (Wildman–Crippen MR) is 158 cm³/mol. The van der Waals surface area contributed by atoms with Gasteiger partial charge in [-0.3, -0.25) is 9.59 Å². The lowest BCUT2D eigenvalue weighted by Gasteiger charge is -2.35. The molecule has 0 saturated carbocycles. The summed E-state index contributed by atoms with van der Waals surface area (Å²) in [5.41, 5.74) is 1.43. The SMILES string of the molecule is CCC(C)C(NC(=O)OC(C)(C)C)C(=O)N(CCO)C(C(=O)Nc1ccc2ccccc2c1)c1ccc(C)cc1. The third kappa shape index (κ3) is 8.05. The lowest BCUT2D eigenvalue weighted by molar-refractivity contribution is -0.142. The molecule has 0 aliphatic carbocycles. The van der Waals surface area contributed by atoms with Crippen LogP contribution in [-0.4, -0.2) is 52.7 Å². The number of hydrogen-bond acceptors (Lipinski definition) is 5. The minimum absolute atomic E-state index is 0.106. The fraction of sp³-hybridized carbons (Fsp3) is 0.406. The van der Waals surface area contributed by atoms with Crippen molar-refractivity contribution in [1.82, 2.24) is 10.2 Å². The van der Waals surface area contributed by atoms with Crippen LogP contribution < -0.4 is 10.6 Å². The van der Waals surface area contributed by atoms with E-state index in [1.807, 2.05) is 75.4 Å². The fourth-order valence-corrected chi connectivity index (χ4v) is 4.47. The van der Waals surface area contributed by atoms with Crippen molar-refractivity contribution >= 4 is 34.4 Å². The average Bonchev–Trinajstić information content (AvgIpc) is 2.90. The van der Waals surface area contributed by atoms with Gasteiger partial charge in [-0.1, -0.05) is 80.4 Å².